The molecule has 8 heteroatoms. The van der Waals surface area contributed by atoms with Gasteiger partial charge >= 0.3 is 6.03 Å². The van der Waals surface area contributed by atoms with Crippen molar-refractivity contribution in [1.29, 1.82) is 0 Å². The third kappa shape index (κ3) is 4.62. The number of halogens is 2. The smallest absolute Gasteiger partial charge is 0.335 e. The Balaban J connectivity index is 1.67. The first-order valence-electron chi connectivity index (χ1n) is 9.98. The zero-order valence-electron chi connectivity index (χ0n) is 17.5. The summed E-state index contributed by atoms with van der Waals surface area (Å²) in [7, 11) is 0. The molecule has 1 fully saturated rings. The number of rotatable bonds is 5. The number of hydrogen-bond acceptors (Lipinski definition) is 4. The number of imide groups is 2. The first-order chi connectivity index (χ1) is 15.9. The van der Waals surface area contributed by atoms with Crippen LogP contribution in [0, 0.1) is 6.92 Å². The fourth-order valence-electron chi connectivity index (χ4n) is 3.37. The molecule has 0 atom stereocenters. The van der Waals surface area contributed by atoms with Gasteiger partial charge in [-0.1, -0.05) is 65.7 Å². The summed E-state index contributed by atoms with van der Waals surface area (Å²) in [5.74, 6) is -1.09. The second kappa shape index (κ2) is 9.48. The van der Waals surface area contributed by atoms with Crippen molar-refractivity contribution in [3.05, 3.63) is 99.0 Å². The molecule has 0 saturated carbocycles. The van der Waals surface area contributed by atoms with E-state index >= 15 is 0 Å². The number of nitrogens with zero attached hydrogens (tertiary/aromatic N) is 1. The largest absolute Gasteiger partial charge is 0.488 e. The first kappa shape index (κ1) is 22.6. The number of ether oxygens (including phenoxy) is 1. The Bertz CT molecular complexity index is 1300. The van der Waals surface area contributed by atoms with Gasteiger partial charge in [0.05, 0.1) is 5.69 Å². The Hall–Kier alpha value is -3.61. The molecule has 0 aliphatic carbocycles. The van der Waals surface area contributed by atoms with Crippen LogP contribution in [0.5, 0.6) is 5.75 Å². The van der Waals surface area contributed by atoms with Gasteiger partial charge in [-0.15, -0.1) is 0 Å². The topological polar surface area (TPSA) is 75.7 Å². The van der Waals surface area contributed by atoms with Crippen LogP contribution in [-0.4, -0.2) is 17.8 Å². The highest BCUT2D eigenvalue weighted by Crippen LogP contribution is 2.30. The minimum atomic E-state index is -0.837. The van der Waals surface area contributed by atoms with Gasteiger partial charge in [0.1, 0.15) is 17.9 Å². The second-order valence-electron chi connectivity index (χ2n) is 7.26. The number of urea groups is 1. The number of para-hydroxylation sites is 1. The molecular weight excluding hydrogens is 463 g/mol. The van der Waals surface area contributed by atoms with Crippen molar-refractivity contribution < 1.29 is 19.1 Å². The Kier molecular flexibility index (Phi) is 6.49. The van der Waals surface area contributed by atoms with Crippen LogP contribution in [-0.2, 0) is 16.2 Å². The van der Waals surface area contributed by atoms with Crippen LogP contribution >= 0.6 is 23.2 Å². The lowest BCUT2D eigenvalue weighted by atomic mass is 10.0. The normalized spacial score (nSPS) is 15.1. The quantitative estimate of drug-likeness (QED) is 0.383. The summed E-state index contributed by atoms with van der Waals surface area (Å²) < 4.78 is 5.91. The summed E-state index contributed by atoms with van der Waals surface area (Å²) in [6.45, 7) is 1.89. The molecule has 1 aliphatic rings. The van der Waals surface area contributed by atoms with E-state index < -0.39 is 17.8 Å². The summed E-state index contributed by atoms with van der Waals surface area (Å²) in [5.41, 5.74) is 1.93. The van der Waals surface area contributed by atoms with Gasteiger partial charge in [0.2, 0.25) is 0 Å². The first-order valence-corrected chi connectivity index (χ1v) is 10.7. The van der Waals surface area contributed by atoms with Crippen molar-refractivity contribution in [2.45, 2.75) is 13.5 Å². The molecule has 0 bridgehead atoms. The van der Waals surface area contributed by atoms with Crippen molar-refractivity contribution in [3.8, 4) is 5.75 Å². The van der Waals surface area contributed by atoms with E-state index in [1.165, 1.54) is 6.08 Å². The number of barbiturate groups is 1. The van der Waals surface area contributed by atoms with E-state index in [-0.39, 0.29) is 12.2 Å². The van der Waals surface area contributed by atoms with Crippen molar-refractivity contribution >= 4 is 52.8 Å². The van der Waals surface area contributed by atoms with Crippen LogP contribution in [0.25, 0.3) is 6.08 Å². The third-order valence-corrected chi connectivity index (χ3v) is 5.92. The number of anilines is 1. The highest BCUT2D eigenvalue weighted by molar-refractivity contribution is 6.40. The van der Waals surface area contributed by atoms with Crippen LogP contribution in [0.4, 0.5) is 10.5 Å². The predicted octanol–water partition coefficient (Wildman–Crippen LogP) is 5.55. The Labute approximate surface area is 200 Å². The Morgan fingerprint density at radius 3 is 2.39 bits per heavy atom. The lowest BCUT2D eigenvalue weighted by Gasteiger charge is -2.27. The van der Waals surface area contributed by atoms with E-state index in [4.69, 9.17) is 27.9 Å². The lowest BCUT2D eigenvalue weighted by Crippen LogP contribution is -2.54. The molecule has 4 rings (SSSR count). The SMILES string of the molecule is Cc1c(Cl)cccc1N1C(=O)NC(=O)/C(=C\c2ccccc2OCc2ccccc2Cl)C1=O. The minimum absolute atomic E-state index is 0.201. The molecule has 6 nitrogen and oxygen atoms in total. The van der Waals surface area contributed by atoms with E-state index in [0.717, 1.165) is 10.5 Å². The maximum Gasteiger partial charge on any atom is 0.335 e. The highest BCUT2D eigenvalue weighted by atomic mass is 35.5. The van der Waals surface area contributed by atoms with E-state index in [9.17, 15) is 14.4 Å². The molecule has 3 aromatic rings. The zero-order valence-corrected chi connectivity index (χ0v) is 19.0. The fourth-order valence-corrected chi connectivity index (χ4v) is 3.73. The maximum absolute atomic E-state index is 13.2. The van der Waals surface area contributed by atoms with E-state index in [1.54, 1.807) is 55.5 Å². The average Bonchev–Trinajstić information content (AvgIpc) is 2.79. The molecule has 1 saturated heterocycles. The number of carbonyl (C=O) groups excluding carboxylic acids is 3. The maximum atomic E-state index is 13.2. The van der Waals surface area contributed by atoms with Crippen LogP contribution < -0.4 is 15.0 Å². The van der Waals surface area contributed by atoms with E-state index in [2.05, 4.69) is 5.32 Å². The van der Waals surface area contributed by atoms with Crippen molar-refractivity contribution in [3.63, 3.8) is 0 Å². The molecule has 33 heavy (non-hydrogen) atoms. The van der Waals surface area contributed by atoms with Crippen LogP contribution in [0.15, 0.2) is 72.3 Å². The third-order valence-electron chi connectivity index (χ3n) is 5.14. The number of benzene rings is 3. The number of hydrogen-bond donors (Lipinski definition) is 1. The summed E-state index contributed by atoms with van der Waals surface area (Å²) >= 11 is 12.4. The summed E-state index contributed by atoms with van der Waals surface area (Å²) in [5, 5.41) is 3.19. The molecule has 4 amide bonds. The minimum Gasteiger partial charge on any atom is -0.488 e. The molecule has 166 valence electrons. The monoisotopic (exact) mass is 480 g/mol. The zero-order chi connectivity index (χ0) is 23.5. The van der Waals surface area contributed by atoms with Gasteiger partial charge < -0.3 is 4.74 Å². The van der Waals surface area contributed by atoms with E-state index in [0.29, 0.717) is 32.6 Å². The molecule has 0 unspecified atom stereocenters. The molecule has 0 spiro atoms. The molecule has 1 heterocycles. The summed E-state index contributed by atoms with van der Waals surface area (Å²) in [6.07, 6.45) is 1.40. The number of nitrogens with one attached hydrogen (secondary N) is 1. The summed E-state index contributed by atoms with van der Waals surface area (Å²) in [6, 6.07) is 18.3. The standard InChI is InChI=1S/C25H18Cl2N2O4/c1-15-19(26)10-6-11-21(15)29-24(31)18(23(30)28-25(29)32)13-16-7-3-5-12-22(16)33-14-17-8-2-4-9-20(17)27/h2-13H,14H2,1H3,(H,28,30,32)/b18-13+. The second-order valence-corrected chi connectivity index (χ2v) is 8.07. The van der Waals surface area contributed by atoms with Gasteiger partial charge in [-0.25, -0.2) is 9.69 Å². The van der Waals surface area contributed by atoms with Crippen molar-refractivity contribution in [2.75, 3.05) is 4.90 Å². The van der Waals surface area contributed by atoms with Crippen LogP contribution in [0.1, 0.15) is 16.7 Å². The molecule has 0 aromatic heterocycles. The molecular formula is C25H18Cl2N2O4. The average molecular weight is 481 g/mol. The Morgan fingerprint density at radius 2 is 1.61 bits per heavy atom. The van der Waals surface area contributed by atoms with Gasteiger partial charge in [0.25, 0.3) is 11.8 Å². The molecule has 1 aliphatic heterocycles. The number of amides is 4. The highest BCUT2D eigenvalue weighted by Gasteiger charge is 2.37. The fraction of sp³-hybridized carbons (Fsp3) is 0.0800. The van der Waals surface area contributed by atoms with Gasteiger partial charge in [0, 0.05) is 21.2 Å². The van der Waals surface area contributed by atoms with E-state index in [1.807, 2.05) is 18.2 Å². The van der Waals surface area contributed by atoms with Gasteiger partial charge in [0.15, 0.2) is 0 Å². The molecule has 1 N–H and O–H groups in total. The van der Waals surface area contributed by atoms with Crippen molar-refractivity contribution in [1.82, 2.24) is 5.32 Å². The molecule has 0 radical (unpaired) electrons. The molecule has 3 aromatic carbocycles. The Morgan fingerprint density at radius 1 is 0.909 bits per heavy atom. The van der Waals surface area contributed by atoms with Crippen LogP contribution in [0.2, 0.25) is 10.0 Å². The number of carbonyl (C=O) groups is 3. The van der Waals surface area contributed by atoms with Gasteiger partial charge in [-0.3, -0.25) is 14.9 Å². The summed E-state index contributed by atoms with van der Waals surface area (Å²) in [4.78, 5) is 39.2. The van der Waals surface area contributed by atoms with Crippen LogP contribution in [0.3, 0.4) is 0 Å². The lowest BCUT2D eigenvalue weighted by molar-refractivity contribution is -0.122. The van der Waals surface area contributed by atoms with Crippen molar-refractivity contribution in [2.24, 2.45) is 0 Å². The predicted molar refractivity (Wildman–Crippen MR) is 127 cm³/mol. The van der Waals surface area contributed by atoms with Gasteiger partial charge in [-0.2, -0.15) is 0 Å². The van der Waals surface area contributed by atoms with Gasteiger partial charge in [-0.05, 0) is 42.8 Å².